The molecule has 0 aromatic carbocycles. The Morgan fingerprint density at radius 2 is 2.17 bits per heavy atom. The van der Waals surface area contributed by atoms with Crippen molar-refractivity contribution in [2.24, 2.45) is 11.8 Å². The van der Waals surface area contributed by atoms with Gasteiger partial charge in [0.2, 0.25) is 0 Å². The van der Waals surface area contributed by atoms with E-state index in [9.17, 15) is 0 Å². The number of ether oxygens (including phenoxy) is 1. The van der Waals surface area contributed by atoms with Crippen molar-refractivity contribution in [3.8, 4) is 0 Å². The summed E-state index contributed by atoms with van der Waals surface area (Å²) >= 11 is 0. The fourth-order valence-electron chi connectivity index (χ4n) is 1.85. The van der Waals surface area contributed by atoms with Crippen molar-refractivity contribution >= 4 is 0 Å². The fourth-order valence-corrected chi connectivity index (χ4v) is 1.85. The monoisotopic (exact) mass is 172 g/mol. The van der Waals surface area contributed by atoms with E-state index in [0.29, 0.717) is 18.4 Å². The second-order valence-electron chi connectivity index (χ2n) is 4.07. The molecule has 0 bridgehead atoms. The van der Waals surface area contributed by atoms with Gasteiger partial charge in [-0.2, -0.15) is 0 Å². The van der Waals surface area contributed by atoms with Gasteiger partial charge < -0.3 is 9.84 Å². The van der Waals surface area contributed by atoms with Crippen molar-refractivity contribution in [2.45, 2.75) is 39.2 Å². The topological polar surface area (TPSA) is 32.8 Å². The van der Waals surface area contributed by atoms with Crippen LogP contribution in [0.25, 0.3) is 0 Å². The lowest BCUT2D eigenvalue weighted by molar-refractivity contribution is 0.153. The Hall–Kier alpha value is -0.0800. The lowest BCUT2D eigenvalue weighted by Gasteiger charge is -2.25. The molecule has 0 radical (unpaired) electrons. The van der Waals surface area contributed by atoms with Gasteiger partial charge in [-0.15, -0.1) is 0 Å². The van der Waals surface area contributed by atoms with Gasteiger partial charge in [-0.05, 0) is 25.2 Å². The predicted molar refractivity (Wildman–Crippen MR) is 49.0 cm³/mol. The summed E-state index contributed by atoms with van der Waals surface area (Å²) in [4.78, 5) is 0. The van der Waals surface area contributed by atoms with Crippen molar-refractivity contribution in [2.75, 3.05) is 13.2 Å². The molecule has 72 valence electrons. The van der Waals surface area contributed by atoms with Crippen LogP contribution in [0.15, 0.2) is 0 Å². The van der Waals surface area contributed by atoms with Crippen molar-refractivity contribution in [3.63, 3.8) is 0 Å². The van der Waals surface area contributed by atoms with E-state index in [0.717, 1.165) is 19.4 Å². The number of epoxide rings is 1. The van der Waals surface area contributed by atoms with Crippen LogP contribution in [0.2, 0.25) is 0 Å². The van der Waals surface area contributed by atoms with Gasteiger partial charge in [-0.3, -0.25) is 0 Å². The van der Waals surface area contributed by atoms with Gasteiger partial charge in [0.15, 0.2) is 0 Å². The largest absolute Gasteiger partial charge is 0.396 e. The zero-order chi connectivity index (χ0) is 9.19. The minimum Gasteiger partial charge on any atom is -0.396 e. The minimum absolute atomic E-state index is 0.121. The maximum absolute atomic E-state index is 8.86. The lowest BCUT2D eigenvalue weighted by atomic mass is 9.81. The highest BCUT2D eigenvalue weighted by atomic mass is 16.6. The summed E-state index contributed by atoms with van der Waals surface area (Å²) in [5.41, 5.74) is 0.121. The van der Waals surface area contributed by atoms with Gasteiger partial charge in [0, 0.05) is 6.61 Å². The Bertz CT molecular complexity index is 141. The molecular formula is C10H20O2. The highest BCUT2D eigenvalue weighted by molar-refractivity contribution is 4.94. The third-order valence-corrected chi connectivity index (χ3v) is 3.29. The van der Waals surface area contributed by atoms with Crippen molar-refractivity contribution in [1.82, 2.24) is 0 Å². The predicted octanol–water partition coefficient (Wildman–Crippen LogP) is 1.82. The average molecular weight is 172 g/mol. The van der Waals surface area contributed by atoms with Crippen LogP contribution >= 0.6 is 0 Å². The quantitative estimate of drug-likeness (QED) is 0.642. The molecule has 1 saturated heterocycles. The molecule has 3 unspecified atom stereocenters. The maximum atomic E-state index is 8.86. The van der Waals surface area contributed by atoms with Gasteiger partial charge >= 0.3 is 0 Å². The van der Waals surface area contributed by atoms with Crippen LogP contribution in [0, 0.1) is 11.8 Å². The molecule has 1 N–H and O–H groups in total. The van der Waals surface area contributed by atoms with E-state index in [1.54, 1.807) is 0 Å². The zero-order valence-electron chi connectivity index (χ0n) is 8.34. The first-order valence-electron chi connectivity index (χ1n) is 4.89. The van der Waals surface area contributed by atoms with Crippen LogP contribution in [0.4, 0.5) is 0 Å². The number of aliphatic hydroxyl groups excluding tert-OH is 1. The molecule has 3 atom stereocenters. The van der Waals surface area contributed by atoms with Gasteiger partial charge in [-0.25, -0.2) is 0 Å². The molecule has 0 saturated carbocycles. The van der Waals surface area contributed by atoms with E-state index in [2.05, 4.69) is 20.8 Å². The minimum atomic E-state index is 0.121. The van der Waals surface area contributed by atoms with Crippen molar-refractivity contribution < 1.29 is 9.84 Å². The molecule has 1 aliphatic heterocycles. The van der Waals surface area contributed by atoms with Crippen LogP contribution < -0.4 is 0 Å². The summed E-state index contributed by atoms with van der Waals surface area (Å²) < 4.78 is 5.41. The Labute approximate surface area is 74.9 Å². The standard InChI is InChI=1S/C10H20O2/c1-4-9(5-6-11)8(2)10(3)7-12-10/h8-9,11H,4-7H2,1-3H3. The molecular weight excluding hydrogens is 152 g/mol. The van der Waals surface area contributed by atoms with E-state index in [1.165, 1.54) is 0 Å². The number of hydrogen-bond donors (Lipinski definition) is 1. The van der Waals surface area contributed by atoms with Crippen LogP contribution in [-0.4, -0.2) is 23.9 Å². The summed E-state index contributed by atoms with van der Waals surface area (Å²) in [6.45, 7) is 7.78. The highest BCUT2D eigenvalue weighted by Crippen LogP contribution is 2.40. The van der Waals surface area contributed by atoms with Crippen molar-refractivity contribution in [3.05, 3.63) is 0 Å². The second kappa shape index (κ2) is 3.75. The molecule has 1 heterocycles. The number of aliphatic hydroxyl groups is 1. The van der Waals surface area contributed by atoms with E-state index in [4.69, 9.17) is 9.84 Å². The van der Waals surface area contributed by atoms with Crippen LogP contribution in [0.3, 0.4) is 0 Å². The molecule has 0 spiro atoms. The summed E-state index contributed by atoms with van der Waals surface area (Å²) in [5, 5.41) is 8.86. The summed E-state index contributed by atoms with van der Waals surface area (Å²) in [6.07, 6.45) is 2.05. The van der Waals surface area contributed by atoms with E-state index < -0.39 is 0 Å². The maximum Gasteiger partial charge on any atom is 0.0916 e. The van der Waals surface area contributed by atoms with Crippen LogP contribution in [0.1, 0.15) is 33.6 Å². The Kier molecular flexibility index (Phi) is 3.13. The Morgan fingerprint density at radius 1 is 1.58 bits per heavy atom. The molecule has 1 aliphatic rings. The second-order valence-corrected chi connectivity index (χ2v) is 4.07. The van der Waals surface area contributed by atoms with Gasteiger partial charge in [-0.1, -0.05) is 20.3 Å². The number of hydrogen-bond acceptors (Lipinski definition) is 2. The molecule has 0 aromatic heterocycles. The van der Waals surface area contributed by atoms with E-state index in [1.807, 2.05) is 0 Å². The molecule has 12 heavy (non-hydrogen) atoms. The van der Waals surface area contributed by atoms with Gasteiger partial charge in [0.05, 0.1) is 12.2 Å². The van der Waals surface area contributed by atoms with Gasteiger partial charge in [0.1, 0.15) is 0 Å². The molecule has 2 heteroatoms. The molecule has 0 amide bonds. The van der Waals surface area contributed by atoms with Crippen molar-refractivity contribution in [1.29, 1.82) is 0 Å². The molecule has 1 fully saturated rings. The normalized spacial score (nSPS) is 33.0. The van der Waals surface area contributed by atoms with E-state index >= 15 is 0 Å². The molecule has 1 rings (SSSR count). The molecule has 0 aromatic rings. The zero-order valence-corrected chi connectivity index (χ0v) is 8.34. The first kappa shape index (κ1) is 10.0. The van der Waals surface area contributed by atoms with Crippen LogP contribution in [-0.2, 0) is 4.74 Å². The van der Waals surface area contributed by atoms with Crippen LogP contribution in [0.5, 0.6) is 0 Å². The third-order valence-electron chi connectivity index (χ3n) is 3.29. The first-order chi connectivity index (χ1) is 5.64. The highest BCUT2D eigenvalue weighted by Gasteiger charge is 2.46. The third kappa shape index (κ3) is 1.99. The Morgan fingerprint density at radius 3 is 2.50 bits per heavy atom. The fraction of sp³-hybridized carbons (Fsp3) is 1.00. The molecule has 2 nitrogen and oxygen atoms in total. The number of rotatable bonds is 5. The summed E-state index contributed by atoms with van der Waals surface area (Å²) in [7, 11) is 0. The van der Waals surface area contributed by atoms with Gasteiger partial charge in [0.25, 0.3) is 0 Å². The summed E-state index contributed by atoms with van der Waals surface area (Å²) in [6, 6.07) is 0. The smallest absolute Gasteiger partial charge is 0.0916 e. The van der Waals surface area contributed by atoms with E-state index in [-0.39, 0.29) is 5.60 Å². The SMILES string of the molecule is CCC(CCO)C(C)C1(C)CO1. The molecule has 0 aliphatic carbocycles. The lowest BCUT2D eigenvalue weighted by Crippen LogP contribution is -2.26. The summed E-state index contributed by atoms with van der Waals surface area (Å²) in [5.74, 6) is 1.19. The Balaban J connectivity index is 2.41. The first-order valence-corrected chi connectivity index (χ1v) is 4.89. The average Bonchev–Trinajstić information content (AvgIpc) is 2.79.